The van der Waals surface area contributed by atoms with Crippen molar-refractivity contribution in [3.8, 4) is 0 Å². The Labute approximate surface area is 129 Å². The smallest absolute Gasteiger partial charge is 0.245 e. The molecule has 1 heterocycles. The standard InChI is InChI=1S/C15H22BrN3O/c1-10(17-4)11-5-6-13(12(16)9-11)19-8-7-18-14(20)15(19,2)3/h5-6,9-10,17H,7-8H2,1-4H3,(H,18,20). The molecule has 4 nitrogen and oxygen atoms in total. The second kappa shape index (κ2) is 5.74. The number of carbonyl (C=O) groups excluding carboxylic acids is 1. The first-order chi connectivity index (χ1) is 9.37. The van der Waals surface area contributed by atoms with Crippen LogP contribution in [0.15, 0.2) is 22.7 Å². The van der Waals surface area contributed by atoms with Crippen LogP contribution in [-0.2, 0) is 4.79 Å². The molecule has 110 valence electrons. The molecule has 1 aliphatic heterocycles. The molecule has 0 spiro atoms. The van der Waals surface area contributed by atoms with Crippen molar-refractivity contribution in [1.82, 2.24) is 10.6 Å². The van der Waals surface area contributed by atoms with Gasteiger partial charge in [-0.3, -0.25) is 4.79 Å². The first-order valence-electron chi connectivity index (χ1n) is 6.90. The molecule has 0 aliphatic carbocycles. The molecule has 0 bridgehead atoms. The molecule has 1 amide bonds. The maximum absolute atomic E-state index is 12.1. The Balaban J connectivity index is 2.35. The van der Waals surface area contributed by atoms with Gasteiger partial charge in [0.25, 0.3) is 0 Å². The van der Waals surface area contributed by atoms with Crippen molar-refractivity contribution >= 4 is 27.5 Å². The van der Waals surface area contributed by atoms with E-state index in [1.165, 1.54) is 5.56 Å². The van der Waals surface area contributed by atoms with Crippen molar-refractivity contribution < 1.29 is 4.79 Å². The Bertz CT molecular complexity index is 516. The summed E-state index contributed by atoms with van der Waals surface area (Å²) in [6.45, 7) is 7.54. The highest BCUT2D eigenvalue weighted by Gasteiger charge is 2.38. The van der Waals surface area contributed by atoms with Gasteiger partial charge in [-0.15, -0.1) is 0 Å². The van der Waals surface area contributed by atoms with Gasteiger partial charge in [0.2, 0.25) is 5.91 Å². The molecule has 5 heteroatoms. The van der Waals surface area contributed by atoms with Crippen LogP contribution in [0.4, 0.5) is 5.69 Å². The van der Waals surface area contributed by atoms with Gasteiger partial charge in [0.15, 0.2) is 0 Å². The Kier molecular flexibility index (Phi) is 4.39. The van der Waals surface area contributed by atoms with Gasteiger partial charge in [-0.1, -0.05) is 6.07 Å². The number of piperazine rings is 1. The van der Waals surface area contributed by atoms with Crippen molar-refractivity contribution in [2.45, 2.75) is 32.4 Å². The molecule has 2 rings (SSSR count). The second-order valence-electron chi connectivity index (χ2n) is 5.69. The van der Waals surface area contributed by atoms with E-state index in [2.05, 4.69) is 56.6 Å². The number of rotatable bonds is 3. The molecule has 20 heavy (non-hydrogen) atoms. The summed E-state index contributed by atoms with van der Waals surface area (Å²) in [6.07, 6.45) is 0. The predicted octanol–water partition coefficient (Wildman–Crippen LogP) is 2.44. The Morgan fingerprint density at radius 3 is 2.75 bits per heavy atom. The SMILES string of the molecule is CNC(C)c1ccc(N2CCNC(=O)C2(C)C)c(Br)c1. The van der Waals surface area contributed by atoms with Crippen LogP contribution in [0, 0.1) is 0 Å². The van der Waals surface area contributed by atoms with Crippen molar-refractivity contribution in [2.75, 3.05) is 25.0 Å². The normalized spacial score (nSPS) is 19.6. The lowest BCUT2D eigenvalue weighted by molar-refractivity contribution is -0.126. The lowest BCUT2D eigenvalue weighted by Gasteiger charge is -2.43. The summed E-state index contributed by atoms with van der Waals surface area (Å²) in [5, 5.41) is 6.16. The van der Waals surface area contributed by atoms with E-state index in [0.717, 1.165) is 16.7 Å². The third-order valence-electron chi connectivity index (χ3n) is 4.05. The predicted molar refractivity (Wildman–Crippen MR) is 86.1 cm³/mol. The highest BCUT2D eigenvalue weighted by molar-refractivity contribution is 9.10. The van der Waals surface area contributed by atoms with Crippen LogP contribution < -0.4 is 15.5 Å². The van der Waals surface area contributed by atoms with Crippen LogP contribution in [0.2, 0.25) is 0 Å². The summed E-state index contributed by atoms with van der Waals surface area (Å²) in [7, 11) is 1.95. The first-order valence-corrected chi connectivity index (χ1v) is 7.70. The average Bonchev–Trinajstić information content (AvgIpc) is 2.41. The fourth-order valence-electron chi connectivity index (χ4n) is 2.50. The molecular weight excluding hydrogens is 318 g/mol. The number of nitrogens with zero attached hydrogens (tertiary/aromatic N) is 1. The van der Waals surface area contributed by atoms with Crippen LogP contribution in [0.1, 0.15) is 32.4 Å². The molecule has 1 fully saturated rings. The number of amides is 1. The lowest BCUT2D eigenvalue weighted by Crippen LogP contribution is -2.62. The molecule has 1 aromatic carbocycles. The van der Waals surface area contributed by atoms with E-state index in [0.29, 0.717) is 12.6 Å². The second-order valence-corrected chi connectivity index (χ2v) is 6.54. The van der Waals surface area contributed by atoms with Crippen LogP contribution in [-0.4, -0.2) is 31.6 Å². The number of hydrogen-bond acceptors (Lipinski definition) is 3. The van der Waals surface area contributed by atoms with Gasteiger partial charge in [-0.25, -0.2) is 0 Å². The number of carbonyl (C=O) groups is 1. The largest absolute Gasteiger partial charge is 0.355 e. The van der Waals surface area contributed by atoms with E-state index >= 15 is 0 Å². The molecule has 1 unspecified atom stereocenters. The van der Waals surface area contributed by atoms with Gasteiger partial charge in [-0.2, -0.15) is 0 Å². The number of anilines is 1. The molecule has 1 aromatic rings. The van der Waals surface area contributed by atoms with Gasteiger partial charge in [-0.05, 0) is 61.4 Å². The molecular formula is C15H22BrN3O. The van der Waals surface area contributed by atoms with Crippen molar-refractivity contribution in [2.24, 2.45) is 0 Å². The topological polar surface area (TPSA) is 44.4 Å². The van der Waals surface area contributed by atoms with Crippen LogP contribution in [0.5, 0.6) is 0 Å². The Hall–Kier alpha value is -1.07. The Morgan fingerprint density at radius 1 is 1.45 bits per heavy atom. The van der Waals surface area contributed by atoms with Gasteiger partial charge in [0, 0.05) is 23.6 Å². The summed E-state index contributed by atoms with van der Waals surface area (Å²) in [5.74, 6) is 0.0725. The fourth-order valence-corrected chi connectivity index (χ4v) is 3.11. The highest BCUT2D eigenvalue weighted by Crippen LogP contribution is 2.34. The third-order valence-corrected chi connectivity index (χ3v) is 4.68. The van der Waals surface area contributed by atoms with Gasteiger partial charge < -0.3 is 15.5 Å². The summed E-state index contributed by atoms with van der Waals surface area (Å²) in [6, 6.07) is 6.63. The van der Waals surface area contributed by atoms with Crippen LogP contribution in [0.25, 0.3) is 0 Å². The molecule has 2 N–H and O–H groups in total. The monoisotopic (exact) mass is 339 g/mol. The van der Waals surface area contributed by atoms with E-state index in [9.17, 15) is 4.79 Å². The molecule has 1 atom stereocenters. The van der Waals surface area contributed by atoms with Gasteiger partial charge in [0.1, 0.15) is 5.54 Å². The van der Waals surface area contributed by atoms with E-state index in [1.807, 2.05) is 20.9 Å². The minimum absolute atomic E-state index is 0.0725. The lowest BCUT2D eigenvalue weighted by atomic mass is 9.97. The quantitative estimate of drug-likeness (QED) is 0.888. The summed E-state index contributed by atoms with van der Waals surface area (Å²) in [4.78, 5) is 14.2. The summed E-state index contributed by atoms with van der Waals surface area (Å²) < 4.78 is 1.03. The van der Waals surface area contributed by atoms with Crippen LogP contribution in [0.3, 0.4) is 0 Å². The number of nitrogens with one attached hydrogen (secondary N) is 2. The van der Waals surface area contributed by atoms with E-state index in [1.54, 1.807) is 0 Å². The van der Waals surface area contributed by atoms with Crippen molar-refractivity contribution in [3.05, 3.63) is 28.2 Å². The molecule has 0 saturated carbocycles. The fraction of sp³-hybridized carbons (Fsp3) is 0.533. The highest BCUT2D eigenvalue weighted by atomic mass is 79.9. The van der Waals surface area contributed by atoms with Crippen LogP contribution >= 0.6 is 15.9 Å². The van der Waals surface area contributed by atoms with Gasteiger partial charge in [0.05, 0.1) is 5.69 Å². The zero-order valence-corrected chi connectivity index (χ0v) is 14.0. The van der Waals surface area contributed by atoms with E-state index < -0.39 is 5.54 Å². The number of benzene rings is 1. The molecule has 1 saturated heterocycles. The zero-order chi connectivity index (χ0) is 14.9. The Morgan fingerprint density at radius 2 is 2.15 bits per heavy atom. The van der Waals surface area contributed by atoms with E-state index in [4.69, 9.17) is 0 Å². The van der Waals surface area contributed by atoms with Crippen molar-refractivity contribution in [3.63, 3.8) is 0 Å². The first kappa shape index (κ1) is 15.3. The summed E-state index contributed by atoms with van der Waals surface area (Å²) in [5.41, 5.74) is 1.76. The zero-order valence-electron chi connectivity index (χ0n) is 12.5. The van der Waals surface area contributed by atoms with E-state index in [-0.39, 0.29) is 5.91 Å². The molecule has 0 aromatic heterocycles. The third kappa shape index (κ3) is 2.69. The minimum Gasteiger partial charge on any atom is -0.355 e. The molecule has 1 aliphatic rings. The maximum atomic E-state index is 12.1. The average molecular weight is 340 g/mol. The summed E-state index contributed by atoms with van der Waals surface area (Å²) >= 11 is 3.65. The number of hydrogen-bond donors (Lipinski definition) is 2. The number of halogens is 1. The minimum atomic E-state index is -0.531. The van der Waals surface area contributed by atoms with Gasteiger partial charge >= 0.3 is 0 Å². The molecule has 0 radical (unpaired) electrons. The van der Waals surface area contributed by atoms with Crippen molar-refractivity contribution in [1.29, 1.82) is 0 Å². The maximum Gasteiger partial charge on any atom is 0.245 e.